The predicted molar refractivity (Wildman–Crippen MR) is 226 cm³/mol. The fourth-order valence-corrected chi connectivity index (χ4v) is 15.7. The first-order valence-corrected chi connectivity index (χ1v) is 22.9. The molecule has 2 saturated heterocycles. The molecule has 0 bridgehead atoms. The molecule has 0 amide bonds. The van der Waals surface area contributed by atoms with Crippen LogP contribution in [0.3, 0.4) is 0 Å². The Labute approximate surface area is 340 Å². The number of phenols is 1. The molecule has 3 fully saturated rings. The number of phenolic OH excluding ortho intramolecular Hbond substituents is 1. The van der Waals surface area contributed by atoms with Crippen LogP contribution in [-0.4, -0.2) is 97.6 Å². The maximum atomic E-state index is 17.6. The summed E-state index contributed by atoms with van der Waals surface area (Å²) < 4.78 is 77.8. The second-order valence-corrected chi connectivity index (χ2v) is 23.5. The highest BCUT2D eigenvalue weighted by Crippen LogP contribution is 2.47. The summed E-state index contributed by atoms with van der Waals surface area (Å²) in [5.74, 6) is -0.0417. The summed E-state index contributed by atoms with van der Waals surface area (Å²) in [4.78, 5) is 13.5. The van der Waals surface area contributed by atoms with E-state index in [0.717, 1.165) is 38.6 Å². The van der Waals surface area contributed by atoms with Crippen molar-refractivity contribution in [3.8, 4) is 40.1 Å². The predicted octanol–water partition coefficient (Wildman–Crippen LogP) is 10.0. The van der Waals surface area contributed by atoms with Crippen molar-refractivity contribution in [1.82, 2.24) is 19.8 Å². The molecule has 1 aliphatic carbocycles. The maximum absolute atomic E-state index is 17.6. The van der Waals surface area contributed by atoms with E-state index in [9.17, 15) is 9.50 Å². The summed E-state index contributed by atoms with van der Waals surface area (Å²) in [6, 6.07) is 5.25. The van der Waals surface area contributed by atoms with Crippen molar-refractivity contribution >= 4 is 35.6 Å². The molecule has 2 aliphatic heterocycles. The van der Waals surface area contributed by atoms with Gasteiger partial charge >= 0.3 is 6.01 Å². The van der Waals surface area contributed by atoms with E-state index in [4.69, 9.17) is 14.5 Å². The first kappa shape index (κ1) is 42.0. The van der Waals surface area contributed by atoms with E-state index >= 15 is 13.2 Å². The molecule has 1 aromatic heterocycles. The number of fused-ring (bicyclic) bond motifs is 3. The van der Waals surface area contributed by atoms with Crippen LogP contribution in [-0.2, 0) is 0 Å². The SMILES string of the molecule is COc1c(F)c(-c2cc(O)cc3ccc(F)c(C#C[Si](C(C)C)(C(C)C)C(C)C)c23)c(F)c2nc(OC[C@@]34CCCN3C[C@H](F)C4)nc(NCC3(N(C)C)CCC3)c12. The van der Waals surface area contributed by atoms with Crippen LogP contribution >= 0.6 is 0 Å². The van der Waals surface area contributed by atoms with Crippen molar-refractivity contribution in [2.24, 2.45) is 0 Å². The van der Waals surface area contributed by atoms with E-state index in [1.54, 1.807) is 0 Å². The zero-order valence-corrected chi connectivity index (χ0v) is 36.3. The number of alkyl halides is 1. The van der Waals surface area contributed by atoms with E-state index < -0.39 is 42.8 Å². The number of hydrogen-bond acceptors (Lipinski definition) is 8. The molecule has 58 heavy (non-hydrogen) atoms. The van der Waals surface area contributed by atoms with E-state index in [2.05, 4.69) is 73.1 Å². The molecule has 3 heterocycles. The third-order valence-corrected chi connectivity index (χ3v) is 20.1. The smallest absolute Gasteiger partial charge is 0.319 e. The normalized spacial score (nSPS) is 20.6. The van der Waals surface area contributed by atoms with Crippen molar-refractivity contribution in [2.75, 3.05) is 52.8 Å². The standard InChI is InChI=1S/C45H57F4N5O3Si/c1-26(2)58(27(3)4,28(5)6)19-14-32-34(47)13-12-29-20-31(55)21-33(35(29)32)36-38(48)40-37(41(56-9)39(36)49)42(50-24-44(53(7)8)15-10-16-44)52-43(51-40)57-25-45-17-11-18-54(45)23-30(46)22-45/h12-13,20-21,26-28,30,55H,10-11,15-18,22-25H2,1-9H3,(H,50,51,52)/t30-,45+/m1/s1. The lowest BCUT2D eigenvalue weighted by atomic mass is 9.75. The Hall–Kier alpha value is -4.12. The van der Waals surface area contributed by atoms with E-state index in [-0.39, 0.29) is 79.5 Å². The van der Waals surface area contributed by atoms with Gasteiger partial charge in [-0.1, -0.05) is 53.5 Å². The quantitative estimate of drug-likeness (QED) is 0.0831. The molecular formula is C45H57F4N5O3Si. The van der Waals surface area contributed by atoms with Gasteiger partial charge in [-0.05, 0) is 93.0 Å². The number of anilines is 1. The van der Waals surface area contributed by atoms with E-state index in [1.807, 2.05) is 14.1 Å². The van der Waals surface area contributed by atoms with Crippen molar-refractivity contribution in [3.05, 3.63) is 47.3 Å². The number of ether oxygens (including phenoxy) is 2. The van der Waals surface area contributed by atoms with Gasteiger partial charge in [-0.15, -0.1) is 5.54 Å². The highest BCUT2D eigenvalue weighted by molar-refractivity contribution is 6.90. The van der Waals surface area contributed by atoms with Crippen molar-refractivity contribution in [3.63, 3.8) is 0 Å². The molecule has 0 unspecified atom stereocenters. The van der Waals surface area contributed by atoms with Gasteiger partial charge in [0.15, 0.2) is 17.4 Å². The van der Waals surface area contributed by atoms with Crippen LogP contribution in [0.5, 0.6) is 17.5 Å². The van der Waals surface area contributed by atoms with Crippen LogP contribution in [0.15, 0.2) is 24.3 Å². The monoisotopic (exact) mass is 819 g/mol. The fraction of sp³-hybridized carbons (Fsp3) is 0.556. The van der Waals surface area contributed by atoms with Gasteiger partial charge in [0.05, 0.1) is 29.2 Å². The third kappa shape index (κ3) is 6.96. The summed E-state index contributed by atoms with van der Waals surface area (Å²) >= 11 is 0. The Morgan fingerprint density at radius 1 is 0.983 bits per heavy atom. The Kier molecular flexibility index (Phi) is 11.5. The minimum atomic E-state index is -2.38. The van der Waals surface area contributed by atoms with Crippen LogP contribution in [0.2, 0.25) is 16.6 Å². The van der Waals surface area contributed by atoms with E-state index in [1.165, 1.54) is 31.4 Å². The molecule has 0 radical (unpaired) electrons. The van der Waals surface area contributed by atoms with Gasteiger partial charge in [0, 0.05) is 36.0 Å². The topological polar surface area (TPSA) is 83.0 Å². The van der Waals surface area contributed by atoms with Crippen molar-refractivity contribution in [1.29, 1.82) is 0 Å². The van der Waals surface area contributed by atoms with Gasteiger partial charge in [-0.25, -0.2) is 17.6 Å². The molecule has 312 valence electrons. The van der Waals surface area contributed by atoms with Gasteiger partial charge in [-0.2, -0.15) is 9.97 Å². The number of benzene rings is 3. The summed E-state index contributed by atoms with van der Waals surface area (Å²) in [5.41, 5.74) is 2.64. The largest absolute Gasteiger partial charge is 0.508 e. The van der Waals surface area contributed by atoms with Crippen molar-refractivity contribution < 1.29 is 32.1 Å². The van der Waals surface area contributed by atoms with Crippen LogP contribution in [0.1, 0.15) is 85.6 Å². The lowest BCUT2D eigenvalue weighted by Gasteiger charge is -2.47. The van der Waals surface area contributed by atoms with Gasteiger partial charge in [0.2, 0.25) is 0 Å². The second kappa shape index (κ2) is 15.8. The number of halogens is 4. The zero-order chi connectivity index (χ0) is 41.9. The Bertz CT molecular complexity index is 2270. The molecule has 2 N–H and O–H groups in total. The third-order valence-electron chi connectivity index (χ3n) is 13.8. The van der Waals surface area contributed by atoms with Crippen LogP contribution in [0.25, 0.3) is 32.8 Å². The van der Waals surface area contributed by atoms with Crippen LogP contribution in [0, 0.1) is 28.9 Å². The Morgan fingerprint density at radius 3 is 2.31 bits per heavy atom. The first-order valence-electron chi connectivity index (χ1n) is 20.7. The zero-order valence-electron chi connectivity index (χ0n) is 35.3. The maximum Gasteiger partial charge on any atom is 0.319 e. The lowest BCUT2D eigenvalue weighted by Crippen LogP contribution is -2.54. The second-order valence-electron chi connectivity index (χ2n) is 18.0. The molecule has 7 rings (SSSR count). The van der Waals surface area contributed by atoms with Crippen LogP contribution < -0.4 is 14.8 Å². The number of nitrogens with one attached hydrogen (secondary N) is 1. The average molecular weight is 820 g/mol. The summed E-state index contributed by atoms with van der Waals surface area (Å²) in [6.45, 7) is 14.5. The van der Waals surface area contributed by atoms with Crippen molar-refractivity contribution in [2.45, 2.75) is 114 Å². The molecule has 0 spiro atoms. The molecule has 8 nitrogen and oxygen atoms in total. The molecule has 13 heteroatoms. The number of nitrogens with zero attached hydrogens (tertiary/aromatic N) is 4. The van der Waals surface area contributed by atoms with E-state index in [0.29, 0.717) is 24.9 Å². The average Bonchev–Trinajstić information content (AvgIpc) is 3.66. The van der Waals surface area contributed by atoms with Gasteiger partial charge in [-0.3, -0.25) is 4.90 Å². The number of likely N-dealkylation sites (N-methyl/N-ethyl adjacent to an activating group) is 1. The number of aromatic nitrogens is 2. The molecule has 4 aromatic rings. The summed E-state index contributed by atoms with van der Waals surface area (Å²) in [5, 5.41) is 14.9. The number of aromatic hydroxyl groups is 1. The summed E-state index contributed by atoms with van der Waals surface area (Å²) in [6.07, 6.45) is 3.88. The minimum absolute atomic E-state index is 0.00385. The van der Waals surface area contributed by atoms with Gasteiger partial charge in [0.1, 0.15) is 43.8 Å². The Balaban J connectivity index is 1.46. The van der Waals surface area contributed by atoms with Gasteiger partial charge in [0.25, 0.3) is 0 Å². The molecule has 1 saturated carbocycles. The highest BCUT2D eigenvalue weighted by Gasteiger charge is 2.49. The molecule has 2 atom stereocenters. The minimum Gasteiger partial charge on any atom is -0.508 e. The van der Waals surface area contributed by atoms with Gasteiger partial charge < -0.3 is 24.8 Å². The molecule has 3 aliphatic rings. The Morgan fingerprint density at radius 2 is 1.69 bits per heavy atom. The molecular weight excluding hydrogens is 763 g/mol. The number of hydrogen-bond donors (Lipinski definition) is 2. The summed E-state index contributed by atoms with van der Waals surface area (Å²) in [7, 11) is 2.91. The number of rotatable bonds is 12. The first-order chi connectivity index (χ1) is 27.5. The lowest BCUT2D eigenvalue weighted by molar-refractivity contribution is 0.0738. The fourth-order valence-electron chi connectivity index (χ4n) is 10.5. The molecule has 3 aromatic carbocycles. The van der Waals surface area contributed by atoms with Crippen LogP contribution in [0.4, 0.5) is 23.4 Å². The highest BCUT2D eigenvalue weighted by atomic mass is 28.3. The number of methoxy groups -OCH3 is 1.